The summed E-state index contributed by atoms with van der Waals surface area (Å²) in [6.07, 6.45) is 8.38. The van der Waals surface area contributed by atoms with Crippen LogP contribution in [0, 0.1) is 5.92 Å². The van der Waals surface area contributed by atoms with Crippen molar-refractivity contribution < 1.29 is 9.21 Å². The number of anilines is 1. The first-order valence-corrected chi connectivity index (χ1v) is 11.1. The molecule has 1 aromatic carbocycles. The van der Waals surface area contributed by atoms with E-state index < -0.39 is 0 Å². The van der Waals surface area contributed by atoms with Gasteiger partial charge in [0.05, 0.1) is 25.2 Å². The van der Waals surface area contributed by atoms with Crippen molar-refractivity contribution in [1.29, 1.82) is 0 Å². The van der Waals surface area contributed by atoms with Crippen molar-refractivity contribution in [2.75, 3.05) is 25.0 Å². The van der Waals surface area contributed by atoms with Crippen molar-refractivity contribution in [3.63, 3.8) is 0 Å². The van der Waals surface area contributed by atoms with Gasteiger partial charge in [-0.15, -0.1) is 24.0 Å². The zero-order chi connectivity index (χ0) is 22.3. The number of hydrogen-bond acceptors (Lipinski definition) is 4. The fraction of sp³-hybridized carbons (Fsp3) is 0.375. The topological polar surface area (TPSA) is 87.7 Å². The van der Waals surface area contributed by atoms with Crippen LogP contribution in [0.3, 0.4) is 0 Å². The number of halogens is 1. The van der Waals surface area contributed by atoms with Crippen LogP contribution in [0.2, 0.25) is 0 Å². The smallest absolute Gasteiger partial charge is 0.291 e. The second-order valence-electron chi connectivity index (χ2n) is 8.09. The van der Waals surface area contributed by atoms with Gasteiger partial charge in [0.25, 0.3) is 5.91 Å². The van der Waals surface area contributed by atoms with E-state index in [2.05, 4.69) is 38.9 Å². The van der Waals surface area contributed by atoms with Crippen LogP contribution in [-0.4, -0.2) is 46.0 Å². The van der Waals surface area contributed by atoms with Gasteiger partial charge in [0, 0.05) is 37.7 Å². The van der Waals surface area contributed by atoms with Gasteiger partial charge in [-0.3, -0.25) is 4.79 Å². The van der Waals surface area contributed by atoms with Crippen LogP contribution in [-0.2, 0) is 6.54 Å². The highest BCUT2D eigenvalue weighted by Gasteiger charge is 2.28. The molecule has 1 aliphatic rings. The van der Waals surface area contributed by atoms with E-state index in [9.17, 15) is 4.79 Å². The number of carbonyl (C=O) groups excluding carboxylic acids is 1. The molecule has 0 spiro atoms. The molecule has 2 N–H and O–H groups in total. The summed E-state index contributed by atoms with van der Waals surface area (Å²) in [6.45, 7) is 7.66. The molecule has 4 rings (SSSR count). The number of amides is 1. The molecular weight excluding hydrogens is 531 g/mol. The fourth-order valence-electron chi connectivity index (χ4n) is 3.98. The monoisotopic (exact) mass is 562 g/mol. The lowest BCUT2D eigenvalue weighted by atomic mass is 9.93. The van der Waals surface area contributed by atoms with Crippen LogP contribution in [0.25, 0.3) is 0 Å². The molecule has 176 valence electrons. The predicted octanol–water partition coefficient (Wildman–Crippen LogP) is 4.40. The SMILES string of the molecule is CCNC(=NCc1ccc(NC(=O)c2ccco2)cc1)N1CCC(C)C(n2ccnc2)C1.I. The van der Waals surface area contributed by atoms with E-state index in [1.807, 2.05) is 43.0 Å². The highest BCUT2D eigenvalue weighted by molar-refractivity contribution is 14.0. The highest BCUT2D eigenvalue weighted by atomic mass is 127. The molecule has 1 fully saturated rings. The molecule has 1 aliphatic heterocycles. The van der Waals surface area contributed by atoms with E-state index >= 15 is 0 Å². The summed E-state index contributed by atoms with van der Waals surface area (Å²) < 4.78 is 7.33. The standard InChI is InChI=1S/C24H30N6O2.HI/c1-3-26-24(29-12-10-18(2)21(16-29)30-13-11-25-17-30)27-15-19-6-8-20(9-7-19)28-23(31)22-5-4-14-32-22;/h4-9,11,13-14,17-18,21H,3,10,12,15-16H2,1-2H3,(H,26,27)(H,28,31);1H. The third-order valence-electron chi connectivity index (χ3n) is 5.83. The van der Waals surface area contributed by atoms with Crippen LogP contribution in [0.4, 0.5) is 5.69 Å². The summed E-state index contributed by atoms with van der Waals surface area (Å²) in [5.41, 5.74) is 1.80. The van der Waals surface area contributed by atoms with Gasteiger partial charge in [-0.05, 0) is 49.1 Å². The molecule has 0 saturated carbocycles. The number of imidazole rings is 1. The third kappa shape index (κ3) is 6.37. The first-order valence-electron chi connectivity index (χ1n) is 11.1. The average Bonchev–Trinajstić information content (AvgIpc) is 3.52. The number of hydrogen-bond donors (Lipinski definition) is 2. The molecule has 2 atom stereocenters. The van der Waals surface area contributed by atoms with Gasteiger partial charge in [-0.1, -0.05) is 19.1 Å². The summed E-state index contributed by atoms with van der Waals surface area (Å²) in [4.78, 5) is 23.6. The minimum absolute atomic E-state index is 0. The number of furan rings is 1. The number of likely N-dealkylation sites (tertiary alicyclic amines) is 1. The summed E-state index contributed by atoms with van der Waals surface area (Å²) in [7, 11) is 0. The molecule has 9 heteroatoms. The van der Waals surface area contributed by atoms with E-state index in [0.29, 0.717) is 24.3 Å². The molecule has 3 aromatic rings. The summed E-state index contributed by atoms with van der Waals surface area (Å²) in [5.74, 6) is 1.55. The van der Waals surface area contributed by atoms with Gasteiger partial charge < -0.3 is 24.5 Å². The van der Waals surface area contributed by atoms with Gasteiger partial charge in [0.15, 0.2) is 11.7 Å². The number of rotatable bonds is 6. The summed E-state index contributed by atoms with van der Waals surface area (Å²) in [6, 6.07) is 11.5. The Labute approximate surface area is 211 Å². The number of benzene rings is 1. The lowest BCUT2D eigenvalue weighted by molar-refractivity contribution is 0.0996. The second-order valence-corrected chi connectivity index (χ2v) is 8.09. The van der Waals surface area contributed by atoms with Gasteiger partial charge in [-0.2, -0.15) is 0 Å². The van der Waals surface area contributed by atoms with Crippen molar-refractivity contribution in [1.82, 2.24) is 19.8 Å². The average molecular weight is 562 g/mol. The van der Waals surface area contributed by atoms with Crippen molar-refractivity contribution in [3.05, 3.63) is 72.7 Å². The Balaban J connectivity index is 0.00000306. The van der Waals surface area contributed by atoms with Crippen LogP contribution in [0.5, 0.6) is 0 Å². The molecule has 0 radical (unpaired) electrons. The molecule has 33 heavy (non-hydrogen) atoms. The lowest BCUT2D eigenvalue weighted by Crippen LogP contribution is -2.49. The number of nitrogens with one attached hydrogen (secondary N) is 2. The van der Waals surface area contributed by atoms with E-state index in [1.165, 1.54) is 6.26 Å². The molecular formula is C24H31IN6O2. The van der Waals surface area contributed by atoms with Crippen molar-refractivity contribution in [2.24, 2.45) is 10.9 Å². The second kappa shape index (κ2) is 11.9. The van der Waals surface area contributed by atoms with Gasteiger partial charge in [-0.25, -0.2) is 9.98 Å². The maximum atomic E-state index is 12.1. The molecule has 1 amide bonds. The number of carbonyl (C=O) groups is 1. The number of aromatic nitrogens is 2. The normalized spacial score (nSPS) is 18.5. The van der Waals surface area contributed by atoms with Crippen LogP contribution >= 0.6 is 24.0 Å². The Hall–Kier alpha value is -2.82. The number of guanidine groups is 1. The Kier molecular flexibility index (Phi) is 8.93. The molecule has 0 aliphatic carbocycles. The largest absolute Gasteiger partial charge is 0.459 e. The highest BCUT2D eigenvalue weighted by Crippen LogP contribution is 2.27. The maximum Gasteiger partial charge on any atom is 0.291 e. The zero-order valence-corrected chi connectivity index (χ0v) is 21.3. The van der Waals surface area contributed by atoms with Gasteiger partial charge in [0.1, 0.15) is 0 Å². The van der Waals surface area contributed by atoms with Gasteiger partial charge >= 0.3 is 0 Å². The van der Waals surface area contributed by atoms with Crippen LogP contribution in [0.1, 0.15) is 42.4 Å². The Morgan fingerprint density at radius 2 is 2.09 bits per heavy atom. The quantitative estimate of drug-likeness (QED) is 0.264. The molecule has 2 aromatic heterocycles. The van der Waals surface area contributed by atoms with E-state index in [-0.39, 0.29) is 29.9 Å². The summed E-state index contributed by atoms with van der Waals surface area (Å²) in [5, 5.41) is 6.27. The maximum absolute atomic E-state index is 12.1. The minimum atomic E-state index is -0.262. The predicted molar refractivity (Wildman–Crippen MR) is 140 cm³/mol. The Morgan fingerprint density at radius 3 is 2.76 bits per heavy atom. The first kappa shape index (κ1) is 24.8. The van der Waals surface area contributed by atoms with Crippen LogP contribution in [0.15, 0.2) is 70.8 Å². The van der Waals surface area contributed by atoms with Crippen LogP contribution < -0.4 is 10.6 Å². The number of nitrogens with zero attached hydrogens (tertiary/aromatic N) is 4. The van der Waals surface area contributed by atoms with Crippen molar-refractivity contribution >= 4 is 41.5 Å². The molecule has 2 unspecified atom stereocenters. The molecule has 0 bridgehead atoms. The Bertz CT molecular complexity index is 1020. The molecule has 1 saturated heterocycles. The van der Waals surface area contributed by atoms with E-state index in [1.54, 1.807) is 12.1 Å². The molecule has 3 heterocycles. The third-order valence-corrected chi connectivity index (χ3v) is 5.83. The minimum Gasteiger partial charge on any atom is -0.459 e. The number of aliphatic imine (C=N–C) groups is 1. The van der Waals surface area contributed by atoms with E-state index in [0.717, 1.165) is 43.3 Å². The van der Waals surface area contributed by atoms with Crippen molar-refractivity contribution in [2.45, 2.75) is 32.9 Å². The summed E-state index contributed by atoms with van der Waals surface area (Å²) >= 11 is 0. The zero-order valence-electron chi connectivity index (χ0n) is 19.0. The van der Waals surface area contributed by atoms with Crippen molar-refractivity contribution in [3.8, 4) is 0 Å². The lowest BCUT2D eigenvalue weighted by Gasteiger charge is -2.39. The number of piperidine rings is 1. The fourth-order valence-corrected chi connectivity index (χ4v) is 3.98. The van der Waals surface area contributed by atoms with E-state index in [4.69, 9.17) is 9.41 Å². The first-order chi connectivity index (χ1) is 15.6. The molecule has 8 nitrogen and oxygen atoms in total. The van der Waals surface area contributed by atoms with Gasteiger partial charge in [0.2, 0.25) is 0 Å². The Morgan fingerprint density at radius 1 is 1.27 bits per heavy atom.